The molecular weight excluding hydrogens is 336 g/mol. The summed E-state index contributed by atoms with van der Waals surface area (Å²) in [6.45, 7) is 4.50. The molecule has 140 valence electrons. The number of aromatic nitrogens is 4. The van der Waals surface area contributed by atoms with Crippen LogP contribution in [0.5, 0.6) is 0 Å². The van der Waals surface area contributed by atoms with E-state index < -0.39 is 0 Å². The van der Waals surface area contributed by atoms with Gasteiger partial charge in [0.15, 0.2) is 5.65 Å². The van der Waals surface area contributed by atoms with Crippen LogP contribution in [0.25, 0.3) is 11.0 Å². The predicted octanol–water partition coefficient (Wildman–Crippen LogP) is 2.43. The number of nitrogens with zero attached hydrogens (tertiary/aromatic N) is 6. The fraction of sp³-hybridized carbons (Fsp3) is 0.476. The Morgan fingerprint density at radius 2 is 1.93 bits per heavy atom. The highest BCUT2D eigenvalue weighted by molar-refractivity contribution is 5.87. The Bertz CT molecular complexity index is 934. The second-order valence-electron chi connectivity index (χ2n) is 7.73. The Hall–Kier alpha value is -2.47. The zero-order valence-electron chi connectivity index (χ0n) is 15.9. The normalized spacial score (nSPS) is 20.3. The van der Waals surface area contributed by atoms with Crippen LogP contribution in [0.3, 0.4) is 0 Å². The van der Waals surface area contributed by atoms with Crippen molar-refractivity contribution >= 4 is 16.9 Å². The van der Waals surface area contributed by atoms with Crippen molar-refractivity contribution in [3.05, 3.63) is 47.9 Å². The van der Waals surface area contributed by atoms with Crippen LogP contribution in [0.15, 0.2) is 36.5 Å². The van der Waals surface area contributed by atoms with E-state index in [4.69, 9.17) is 9.97 Å². The van der Waals surface area contributed by atoms with E-state index in [1.165, 1.54) is 24.9 Å². The van der Waals surface area contributed by atoms with Crippen LogP contribution in [-0.4, -0.2) is 56.9 Å². The summed E-state index contributed by atoms with van der Waals surface area (Å²) in [5.41, 5.74) is 2.27. The van der Waals surface area contributed by atoms with Crippen LogP contribution in [0.2, 0.25) is 0 Å². The average molecular weight is 362 g/mol. The van der Waals surface area contributed by atoms with Crippen molar-refractivity contribution in [3.63, 3.8) is 0 Å². The lowest BCUT2D eigenvalue weighted by Gasteiger charge is -2.38. The van der Waals surface area contributed by atoms with E-state index in [9.17, 15) is 0 Å². The molecular formula is C21H26N6. The number of aryl methyl sites for hydroxylation is 3. The van der Waals surface area contributed by atoms with E-state index in [1.807, 2.05) is 17.9 Å². The molecule has 0 N–H and O–H groups in total. The highest BCUT2D eigenvalue weighted by Crippen LogP contribution is 2.29. The van der Waals surface area contributed by atoms with Crippen molar-refractivity contribution in [3.8, 4) is 0 Å². The van der Waals surface area contributed by atoms with Crippen LogP contribution in [-0.2, 0) is 19.9 Å². The van der Waals surface area contributed by atoms with Gasteiger partial charge in [0.2, 0.25) is 0 Å². The minimum atomic E-state index is 0.674. The number of piperazine rings is 1. The minimum absolute atomic E-state index is 0.674. The first-order valence-corrected chi connectivity index (χ1v) is 9.99. The van der Waals surface area contributed by atoms with E-state index in [0.717, 1.165) is 55.2 Å². The number of anilines is 1. The molecule has 4 heterocycles. The van der Waals surface area contributed by atoms with Crippen molar-refractivity contribution < 1.29 is 0 Å². The number of fused-ring (bicyclic) bond motifs is 2. The van der Waals surface area contributed by atoms with E-state index in [-0.39, 0.29) is 0 Å². The van der Waals surface area contributed by atoms with Crippen LogP contribution in [0, 0.1) is 0 Å². The first kappa shape index (κ1) is 16.7. The van der Waals surface area contributed by atoms with Crippen molar-refractivity contribution in [1.82, 2.24) is 24.6 Å². The van der Waals surface area contributed by atoms with Gasteiger partial charge in [0, 0.05) is 39.1 Å². The molecule has 6 heteroatoms. The molecule has 2 saturated heterocycles. The molecule has 6 nitrogen and oxygen atoms in total. The monoisotopic (exact) mass is 362 g/mol. The predicted molar refractivity (Wildman–Crippen MR) is 107 cm³/mol. The fourth-order valence-electron chi connectivity index (χ4n) is 4.49. The quantitative estimate of drug-likeness (QED) is 0.713. The summed E-state index contributed by atoms with van der Waals surface area (Å²) in [6, 6.07) is 11.3. The summed E-state index contributed by atoms with van der Waals surface area (Å²) in [6.07, 6.45) is 6.36. The fourth-order valence-corrected chi connectivity index (χ4v) is 4.49. The van der Waals surface area contributed by atoms with Gasteiger partial charge in [0.25, 0.3) is 0 Å². The van der Waals surface area contributed by atoms with Crippen LogP contribution in [0.4, 0.5) is 5.82 Å². The third-order valence-electron chi connectivity index (χ3n) is 5.99. The zero-order valence-corrected chi connectivity index (χ0v) is 15.9. The highest BCUT2D eigenvalue weighted by atomic mass is 15.3. The van der Waals surface area contributed by atoms with Gasteiger partial charge in [-0.15, -0.1) is 0 Å². The Labute approximate surface area is 159 Å². The maximum absolute atomic E-state index is 5.01. The molecule has 3 aromatic rings. The molecule has 27 heavy (non-hydrogen) atoms. The maximum atomic E-state index is 5.01. The molecule has 1 unspecified atom stereocenters. The summed E-state index contributed by atoms with van der Waals surface area (Å²) in [5, 5.41) is 5.53. The van der Waals surface area contributed by atoms with E-state index in [2.05, 4.69) is 45.2 Å². The Kier molecular flexibility index (Phi) is 4.28. The molecule has 2 aliphatic heterocycles. The summed E-state index contributed by atoms with van der Waals surface area (Å²) in [4.78, 5) is 14.9. The number of benzene rings is 1. The summed E-state index contributed by atoms with van der Waals surface area (Å²) in [5.74, 6) is 1.99. The van der Waals surface area contributed by atoms with Gasteiger partial charge in [-0.2, -0.15) is 5.10 Å². The van der Waals surface area contributed by atoms with Crippen molar-refractivity contribution in [2.45, 2.75) is 31.7 Å². The minimum Gasteiger partial charge on any atom is -0.353 e. The smallest absolute Gasteiger partial charge is 0.163 e. The largest absolute Gasteiger partial charge is 0.353 e. The van der Waals surface area contributed by atoms with E-state index in [1.54, 1.807) is 0 Å². The Balaban J connectivity index is 1.45. The third-order valence-corrected chi connectivity index (χ3v) is 5.99. The molecule has 0 spiro atoms. The van der Waals surface area contributed by atoms with E-state index >= 15 is 0 Å². The summed E-state index contributed by atoms with van der Waals surface area (Å²) in [7, 11) is 1.97. The molecule has 2 fully saturated rings. The second-order valence-corrected chi connectivity index (χ2v) is 7.73. The molecule has 5 rings (SSSR count). The molecule has 2 aromatic heterocycles. The summed E-state index contributed by atoms with van der Waals surface area (Å²) >= 11 is 0. The number of hydrogen-bond donors (Lipinski definition) is 0. The van der Waals surface area contributed by atoms with Gasteiger partial charge in [0.05, 0.1) is 11.6 Å². The molecule has 1 atom stereocenters. The van der Waals surface area contributed by atoms with Gasteiger partial charge in [-0.25, -0.2) is 9.97 Å². The lowest BCUT2D eigenvalue weighted by Crippen LogP contribution is -2.50. The summed E-state index contributed by atoms with van der Waals surface area (Å²) < 4.78 is 1.87. The molecule has 0 aliphatic carbocycles. The lowest BCUT2D eigenvalue weighted by atomic mass is 10.1. The molecule has 0 amide bonds. The second kappa shape index (κ2) is 6.93. The van der Waals surface area contributed by atoms with Crippen molar-refractivity contribution in [2.75, 3.05) is 31.1 Å². The van der Waals surface area contributed by atoms with Gasteiger partial charge in [-0.3, -0.25) is 9.58 Å². The Morgan fingerprint density at radius 3 is 2.81 bits per heavy atom. The van der Waals surface area contributed by atoms with Crippen molar-refractivity contribution in [2.24, 2.45) is 7.05 Å². The zero-order chi connectivity index (χ0) is 18.2. The van der Waals surface area contributed by atoms with E-state index in [0.29, 0.717) is 6.04 Å². The lowest BCUT2D eigenvalue weighted by molar-refractivity contribution is 0.230. The van der Waals surface area contributed by atoms with Crippen LogP contribution >= 0.6 is 0 Å². The van der Waals surface area contributed by atoms with Gasteiger partial charge in [-0.05, 0) is 31.4 Å². The van der Waals surface area contributed by atoms with Gasteiger partial charge in [0.1, 0.15) is 11.6 Å². The topological polar surface area (TPSA) is 50.1 Å². The number of hydrogen-bond acceptors (Lipinski definition) is 5. The molecule has 2 aliphatic rings. The first-order chi connectivity index (χ1) is 13.3. The maximum Gasteiger partial charge on any atom is 0.163 e. The van der Waals surface area contributed by atoms with Crippen LogP contribution in [0.1, 0.15) is 24.2 Å². The highest BCUT2D eigenvalue weighted by Gasteiger charge is 2.32. The van der Waals surface area contributed by atoms with Gasteiger partial charge in [-0.1, -0.05) is 30.3 Å². The third kappa shape index (κ3) is 3.18. The SMILES string of the molecule is Cn1ncc2c(N3CCN4CCCC4C3)nc(CCc3ccccc3)nc21. The van der Waals surface area contributed by atoms with Crippen LogP contribution < -0.4 is 4.90 Å². The van der Waals surface area contributed by atoms with Gasteiger partial charge < -0.3 is 4.90 Å². The molecule has 0 saturated carbocycles. The van der Waals surface area contributed by atoms with Gasteiger partial charge >= 0.3 is 0 Å². The molecule has 0 bridgehead atoms. The average Bonchev–Trinajstić information content (AvgIpc) is 3.33. The molecule has 1 aromatic carbocycles. The molecule has 0 radical (unpaired) electrons. The number of rotatable bonds is 4. The first-order valence-electron chi connectivity index (χ1n) is 9.99. The Morgan fingerprint density at radius 1 is 1.04 bits per heavy atom. The standard InChI is InChI=1S/C21H26N6/c1-25-20-18(14-22-25)21(27-13-12-26-11-5-8-17(26)15-27)24-19(23-20)10-9-16-6-3-2-4-7-16/h2-4,6-7,14,17H,5,8-13,15H2,1H3. The van der Waals surface area contributed by atoms with Crippen molar-refractivity contribution in [1.29, 1.82) is 0 Å².